The van der Waals surface area contributed by atoms with Crippen molar-refractivity contribution in [3.05, 3.63) is 23.8 Å². The second-order valence-corrected chi connectivity index (χ2v) is 6.69. The zero-order chi connectivity index (χ0) is 17.1. The molecule has 0 radical (unpaired) electrons. The Hall–Kier alpha value is -2.24. The molecule has 0 unspecified atom stereocenters. The minimum absolute atomic E-state index is 0.0218. The van der Waals surface area contributed by atoms with E-state index in [2.05, 4.69) is 0 Å². The summed E-state index contributed by atoms with van der Waals surface area (Å²) in [6.45, 7) is 6.84. The van der Waals surface area contributed by atoms with E-state index < -0.39 is 0 Å². The summed E-state index contributed by atoms with van der Waals surface area (Å²) in [5, 5.41) is 0. The lowest BCUT2D eigenvalue weighted by Gasteiger charge is -2.23. The van der Waals surface area contributed by atoms with Crippen LogP contribution in [0.1, 0.15) is 37.0 Å². The first-order valence-electron chi connectivity index (χ1n) is 8.51. The number of amides is 2. The number of hydrogen-bond donors (Lipinski definition) is 0. The Labute approximate surface area is 142 Å². The second kappa shape index (κ2) is 7.11. The first-order chi connectivity index (χ1) is 11.5. The predicted octanol–water partition coefficient (Wildman–Crippen LogP) is 2.14. The summed E-state index contributed by atoms with van der Waals surface area (Å²) < 4.78 is 10.6. The van der Waals surface area contributed by atoms with Crippen LogP contribution in [-0.4, -0.2) is 54.6 Å². The lowest BCUT2D eigenvalue weighted by atomic mass is 10.1. The molecular formula is C18H24N2O4. The number of benzene rings is 1. The van der Waals surface area contributed by atoms with Crippen LogP contribution >= 0.6 is 0 Å². The van der Waals surface area contributed by atoms with Crippen LogP contribution in [0.15, 0.2) is 18.2 Å². The van der Waals surface area contributed by atoms with Gasteiger partial charge in [-0.15, -0.1) is 0 Å². The highest BCUT2D eigenvalue weighted by molar-refractivity contribution is 5.95. The van der Waals surface area contributed by atoms with E-state index in [1.165, 1.54) is 0 Å². The van der Waals surface area contributed by atoms with E-state index >= 15 is 0 Å². The average molecular weight is 332 g/mol. The highest BCUT2D eigenvalue weighted by Crippen LogP contribution is 2.32. The Morgan fingerprint density at radius 2 is 1.75 bits per heavy atom. The number of fused-ring (bicyclic) bond motifs is 1. The summed E-state index contributed by atoms with van der Waals surface area (Å²) in [5.41, 5.74) is 0.598. The third-order valence-electron chi connectivity index (χ3n) is 4.34. The maximum atomic E-state index is 12.7. The molecule has 1 fully saturated rings. The smallest absolute Gasteiger partial charge is 0.254 e. The highest BCUT2D eigenvalue weighted by atomic mass is 16.7. The fraction of sp³-hybridized carbons (Fsp3) is 0.556. The van der Waals surface area contributed by atoms with Gasteiger partial charge in [-0.3, -0.25) is 9.59 Å². The molecule has 6 heteroatoms. The van der Waals surface area contributed by atoms with E-state index in [4.69, 9.17) is 9.47 Å². The molecule has 1 saturated heterocycles. The van der Waals surface area contributed by atoms with Gasteiger partial charge in [-0.1, -0.05) is 13.8 Å². The number of carbonyl (C=O) groups is 2. The van der Waals surface area contributed by atoms with Gasteiger partial charge in [0, 0.05) is 38.2 Å². The van der Waals surface area contributed by atoms with Gasteiger partial charge in [0.1, 0.15) is 0 Å². The Morgan fingerprint density at radius 3 is 2.54 bits per heavy atom. The third kappa shape index (κ3) is 3.63. The molecule has 0 spiro atoms. The number of nitrogens with zero attached hydrogens (tertiary/aromatic N) is 2. The maximum absolute atomic E-state index is 12.7. The van der Waals surface area contributed by atoms with E-state index in [9.17, 15) is 9.59 Å². The van der Waals surface area contributed by atoms with Gasteiger partial charge in [-0.2, -0.15) is 0 Å². The Kier molecular flexibility index (Phi) is 4.92. The first kappa shape index (κ1) is 16.6. The van der Waals surface area contributed by atoms with Crippen molar-refractivity contribution in [2.24, 2.45) is 5.92 Å². The van der Waals surface area contributed by atoms with Crippen molar-refractivity contribution < 1.29 is 19.1 Å². The van der Waals surface area contributed by atoms with E-state index in [-0.39, 0.29) is 18.6 Å². The largest absolute Gasteiger partial charge is 0.454 e. The van der Waals surface area contributed by atoms with Crippen LogP contribution in [-0.2, 0) is 4.79 Å². The van der Waals surface area contributed by atoms with Crippen molar-refractivity contribution in [1.29, 1.82) is 0 Å². The SMILES string of the molecule is CC(C)CC(=O)N1CCCN(C(=O)c2ccc3c(c2)OCO3)CC1. The van der Waals surface area contributed by atoms with E-state index in [1.54, 1.807) is 18.2 Å². The lowest BCUT2D eigenvalue weighted by Crippen LogP contribution is -2.37. The minimum atomic E-state index is -0.0218. The van der Waals surface area contributed by atoms with Crippen LogP contribution in [0.5, 0.6) is 11.5 Å². The molecule has 2 amide bonds. The molecule has 130 valence electrons. The minimum Gasteiger partial charge on any atom is -0.454 e. The van der Waals surface area contributed by atoms with Gasteiger partial charge in [0.15, 0.2) is 11.5 Å². The number of carbonyl (C=O) groups excluding carboxylic acids is 2. The summed E-state index contributed by atoms with van der Waals surface area (Å²) in [6, 6.07) is 5.27. The molecule has 2 aliphatic rings. The van der Waals surface area contributed by atoms with Gasteiger partial charge in [-0.25, -0.2) is 0 Å². The van der Waals surface area contributed by atoms with Crippen LogP contribution in [0, 0.1) is 5.92 Å². The van der Waals surface area contributed by atoms with Crippen LogP contribution < -0.4 is 9.47 Å². The molecule has 0 aliphatic carbocycles. The topological polar surface area (TPSA) is 59.1 Å². The molecule has 2 heterocycles. The van der Waals surface area contributed by atoms with E-state index in [1.807, 2.05) is 23.6 Å². The zero-order valence-electron chi connectivity index (χ0n) is 14.3. The second-order valence-electron chi connectivity index (χ2n) is 6.69. The maximum Gasteiger partial charge on any atom is 0.254 e. The summed E-state index contributed by atoms with van der Waals surface area (Å²) in [5.74, 6) is 1.80. The fourth-order valence-electron chi connectivity index (χ4n) is 3.06. The highest BCUT2D eigenvalue weighted by Gasteiger charge is 2.24. The van der Waals surface area contributed by atoms with Gasteiger partial charge in [-0.05, 0) is 30.5 Å². The molecule has 0 N–H and O–H groups in total. The molecule has 0 bridgehead atoms. The molecule has 1 aromatic rings. The van der Waals surface area contributed by atoms with Crippen LogP contribution in [0.25, 0.3) is 0 Å². The molecule has 0 aromatic heterocycles. The molecule has 0 atom stereocenters. The number of hydrogen-bond acceptors (Lipinski definition) is 4. The standard InChI is InChI=1S/C18H24N2O4/c1-13(2)10-17(21)19-6-3-7-20(9-8-19)18(22)14-4-5-15-16(11-14)24-12-23-15/h4-5,11,13H,3,6-10,12H2,1-2H3. The van der Waals surface area contributed by atoms with Crippen molar-refractivity contribution >= 4 is 11.8 Å². The van der Waals surface area contributed by atoms with Crippen molar-refractivity contribution in [3.8, 4) is 11.5 Å². The summed E-state index contributed by atoms with van der Waals surface area (Å²) in [4.78, 5) is 28.7. The number of rotatable bonds is 3. The van der Waals surface area contributed by atoms with Crippen LogP contribution in [0.2, 0.25) is 0 Å². The fourth-order valence-corrected chi connectivity index (χ4v) is 3.06. The van der Waals surface area contributed by atoms with E-state index in [0.29, 0.717) is 49.0 Å². The molecule has 24 heavy (non-hydrogen) atoms. The molecule has 6 nitrogen and oxygen atoms in total. The summed E-state index contributed by atoms with van der Waals surface area (Å²) in [6.07, 6.45) is 1.37. The van der Waals surface area contributed by atoms with Gasteiger partial charge in [0.25, 0.3) is 5.91 Å². The van der Waals surface area contributed by atoms with Crippen LogP contribution in [0.3, 0.4) is 0 Å². The normalized spacial score (nSPS) is 17.1. The van der Waals surface area contributed by atoms with Crippen LogP contribution in [0.4, 0.5) is 0 Å². The monoisotopic (exact) mass is 332 g/mol. The quantitative estimate of drug-likeness (QED) is 0.851. The molecule has 0 saturated carbocycles. The molecule has 3 rings (SSSR count). The summed E-state index contributed by atoms with van der Waals surface area (Å²) >= 11 is 0. The van der Waals surface area contributed by atoms with Crippen molar-refractivity contribution in [2.45, 2.75) is 26.7 Å². The Bertz CT molecular complexity index is 629. The molecule has 2 aliphatic heterocycles. The first-order valence-corrected chi connectivity index (χ1v) is 8.51. The average Bonchev–Trinajstić information content (AvgIpc) is 2.87. The summed E-state index contributed by atoms with van der Waals surface area (Å²) in [7, 11) is 0. The molecular weight excluding hydrogens is 308 g/mol. The van der Waals surface area contributed by atoms with E-state index in [0.717, 1.165) is 13.0 Å². The van der Waals surface area contributed by atoms with Gasteiger partial charge in [0.2, 0.25) is 12.7 Å². The van der Waals surface area contributed by atoms with Gasteiger partial charge in [0.05, 0.1) is 0 Å². The zero-order valence-corrected chi connectivity index (χ0v) is 14.3. The van der Waals surface area contributed by atoms with Crippen molar-refractivity contribution in [1.82, 2.24) is 9.80 Å². The Balaban J connectivity index is 1.63. The number of ether oxygens (including phenoxy) is 2. The Morgan fingerprint density at radius 1 is 1.04 bits per heavy atom. The molecule has 1 aromatic carbocycles. The lowest BCUT2D eigenvalue weighted by molar-refractivity contribution is -0.131. The van der Waals surface area contributed by atoms with Crippen molar-refractivity contribution in [2.75, 3.05) is 33.0 Å². The third-order valence-corrected chi connectivity index (χ3v) is 4.34. The van der Waals surface area contributed by atoms with Gasteiger partial charge >= 0.3 is 0 Å². The van der Waals surface area contributed by atoms with Crippen molar-refractivity contribution in [3.63, 3.8) is 0 Å². The predicted molar refractivity (Wildman–Crippen MR) is 89.1 cm³/mol. The van der Waals surface area contributed by atoms with Gasteiger partial charge < -0.3 is 19.3 Å².